The lowest BCUT2D eigenvalue weighted by atomic mass is 10.2. The fraction of sp³-hybridized carbons (Fsp3) is 0.500. The van der Waals surface area contributed by atoms with Gasteiger partial charge in [-0.3, -0.25) is 5.32 Å². The molecule has 0 amide bonds. The molecule has 1 saturated heterocycles. The normalized spacial score (nSPS) is 20.7. The molecule has 1 rings (SSSR count). The molecular weight excluding hydrogens is 332 g/mol. The van der Waals surface area contributed by atoms with E-state index in [9.17, 15) is 0 Å². The largest absolute Gasteiger partial charge is 0.353 e. The minimum atomic E-state index is 0.215. The van der Waals surface area contributed by atoms with Crippen molar-refractivity contribution in [3.63, 3.8) is 0 Å². The molecule has 0 spiro atoms. The maximum Gasteiger partial charge on any atom is 0.135 e. The van der Waals surface area contributed by atoms with Crippen molar-refractivity contribution < 1.29 is 4.74 Å². The minimum Gasteiger partial charge on any atom is -0.353 e. The highest BCUT2D eigenvalue weighted by atomic mass is 16.6. The van der Waals surface area contributed by atoms with Gasteiger partial charge in [0.1, 0.15) is 12.3 Å². The number of epoxide rings is 1. The van der Waals surface area contributed by atoms with Crippen LogP contribution in [0.4, 0.5) is 0 Å². The van der Waals surface area contributed by atoms with Crippen LogP contribution in [0.1, 0.15) is 51.9 Å². The molecule has 0 bridgehead atoms. The fourth-order valence-electron chi connectivity index (χ4n) is 2.48. The Balaban J connectivity index is 1.91. The third-order valence-corrected chi connectivity index (χ3v) is 4.04. The first-order chi connectivity index (χ1) is 13.4. The van der Waals surface area contributed by atoms with Gasteiger partial charge in [-0.1, -0.05) is 79.8 Å². The van der Waals surface area contributed by atoms with Gasteiger partial charge in [-0.15, -0.1) is 0 Å². The summed E-state index contributed by atoms with van der Waals surface area (Å²) < 4.78 is 5.50. The highest BCUT2D eigenvalue weighted by Crippen LogP contribution is 2.22. The van der Waals surface area contributed by atoms with Crippen LogP contribution in [0.2, 0.25) is 0 Å². The van der Waals surface area contributed by atoms with Crippen LogP contribution in [-0.4, -0.2) is 25.4 Å². The van der Waals surface area contributed by atoms with Crippen molar-refractivity contribution in [3.8, 4) is 0 Å². The molecule has 0 aliphatic carbocycles. The zero-order valence-corrected chi connectivity index (χ0v) is 16.9. The number of allylic oxidation sites excluding steroid dienone is 11. The van der Waals surface area contributed by atoms with E-state index in [-0.39, 0.29) is 6.23 Å². The first-order valence-electron chi connectivity index (χ1n) is 10.4. The van der Waals surface area contributed by atoms with Gasteiger partial charge < -0.3 is 10.5 Å². The average Bonchev–Trinajstić information content (AvgIpc) is 3.43. The lowest BCUT2D eigenvalue weighted by Crippen LogP contribution is -2.26. The SMILES string of the molecule is CC/C=C\C/C=C\C/C=C\C/C=C\C/C=C\C/C=C\CC1OC1NCCN. The van der Waals surface area contributed by atoms with Crippen molar-refractivity contribution >= 4 is 0 Å². The van der Waals surface area contributed by atoms with E-state index in [2.05, 4.69) is 85.2 Å². The second-order valence-corrected chi connectivity index (χ2v) is 6.49. The molecule has 0 saturated carbocycles. The molecule has 0 aromatic heterocycles. The maximum atomic E-state index is 5.50. The number of nitrogens with two attached hydrogens (primary N) is 1. The topological polar surface area (TPSA) is 50.6 Å². The minimum absolute atomic E-state index is 0.215. The van der Waals surface area contributed by atoms with E-state index >= 15 is 0 Å². The molecular formula is C24H38N2O. The van der Waals surface area contributed by atoms with Gasteiger partial charge in [0, 0.05) is 13.1 Å². The summed E-state index contributed by atoms with van der Waals surface area (Å²) in [7, 11) is 0. The molecule has 0 aromatic carbocycles. The third-order valence-electron chi connectivity index (χ3n) is 4.04. The lowest BCUT2D eigenvalue weighted by Gasteiger charge is -1.94. The summed E-state index contributed by atoms with van der Waals surface area (Å²) in [4.78, 5) is 0. The molecule has 0 aromatic rings. The molecule has 1 heterocycles. The average molecular weight is 371 g/mol. The van der Waals surface area contributed by atoms with Gasteiger partial charge in [0.25, 0.3) is 0 Å². The predicted octanol–water partition coefficient (Wildman–Crippen LogP) is 5.35. The van der Waals surface area contributed by atoms with E-state index < -0.39 is 0 Å². The molecule has 1 fully saturated rings. The summed E-state index contributed by atoms with van der Waals surface area (Å²) >= 11 is 0. The van der Waals surface area contributed by atoms with Gasteiger partial charge in [0.15, 0.2) is 0 Å². The van der Waals surface area contributed by atoms with Crippen LogP contribution in [0.25, 0.3) is 0 Å². The van der Waals surface area contributed by atoms with Crippen molar-refractivity contribution in [2.24, 2.45) is 5.73 Å². The smallest absolute Gasteiger partial charge is 0.135 e. The summed E-state index contributed by atoms with van der Waals surface area (Å²) in [5, 5.41) is 3.25. The van der Waals surface area contributed by atoms with Crippen LogP contribution in [0, 0.1) is 0 Å². The van der Waals surface area contributed by atoms with Crippen molar-refractivity contribution in [2.75, 3.05) is 13.1 Å². The highest BCUT2D eigenvalue weighted by Gasteiger charge is 2.36. The molecule has 1 aliphatic heterocycles. The van der Waals surface area contributed by atoms with Gasteiger partial charge in [-0.05, 0) is 44.9 Å². The molecule has 2 atom stereocenters. The molecule has 27 heavy (non-hydrogen) atoms. The van der Waals surface area contributed by atoms with Gasteiger partial charge in [0.2, 0.25) is 0 Å². The summed E-state index contributed by atoms with van der Waals surface area (Å²) in [6, 6.07) is 0. The van der Waals surface area contributed by atoms with Crippen LogP contribution in [0.15, 0.2) is 72.9 Å². The van der Waals surface area contributed by atoms with E-state index in [4.69, 9.17) is 10.5 Å². The van der Waals surface area contributed by atoms with Crippen LogP contribution in [0.3, 0.4) is 0 Å². The highest BCUT2D eigenvalue weighted by molar-refractivity contribution is 5.02. The van der Waals surface area contributed by atoms with E-state index in [1.54, 1.807) is 0 Å². The van der Waals surface area contributed by atoms with Gasteiger partial charge in [-0.2, -0.15) is 0 Å². The Morgan fingerprint density at radius 3 is 1.59 bits per heavy atom. The molecule has 1 aliphatic rings. The number of nitrogens with one attached hydrogen (secondary N) is 1. The second kappa shape index (κ2) is 17.7. The Labute approximate surface area is 166 Å². The Bertz CT molecular complexity index is 514. The number of hydrogen-bond acceptors (Lipinski definition) is 3. The Hall–Kier alpha value is -1.68. The number of ether oxygens (including phenoxy) is 1. The summed E-state index contributed by atoms with van der Waals surface area (Å²) in [5.74, 6) is 0. The zero-order valence-electron chi connectivity index (χ0n) is 16.9. The number of hydrogen-bond donors (Lipinski definition) is 2. The van der Waals surface area contributed by atoms with Crippen LogP contribution >= 0.6 is 0 Å². The van der Waals surface area contributed by atoms with E-state index in [1.807, 2.05) is 0 Å². The van der Waals surface area contributed by atoms with Crippen LogP contribution in [-0.2, 0) is 4.74 Å². The van der Waals surface area contributed by atoms with Crippen molar-refractivity contribution in [1.82, 2.24) is 5.32 Å². The Morgan fingerprint density at radius 1 is 0.704 bits per heavy atom. The second-order valence-electron chi connectivity index (χ2n) is 6.49. The van der Waals surface area contributed by atoms with Crippen molar-refractivity contribution in [2.45, 2.75) is 64.2 Å². The Kier molecular flexibility index (Phi) is 15.3. The van der Waals surface area contributed by atoms with E-state index in [1.165, 1.54) is 0 Å². The Morgan fingerprint density at radius 2 is 1.15 bits per heavy atom. The third kappa shape index (κ3) is 15.1. The van der Waals surface area contributed by atoms with Crippen molar-refractivity contribution in [3.05, 3.63) is 72.9 Å². The van der Waals surface area contributed by atoms with Crippen LogP contribution in [0.5, 0.6) is 0 Å². The lowest BCUT2D eigenvalue weighted by molar-refractivity contribution is 0.347. The fourth-order valence-corrected chi connectivity index (χ4v) is 2.48. The first kappa shape index (κ1) is 23.4. The van der Waals surface area contributed by atoms with E-state index in [0.29, 0.717) is 12.6 Å². The molecule has 2 unspecified atom stereocenters. The molecule has 3 nitrogen and oxygen atoms in total. The van der Waals surface area contributed by atoms with Gasteiger partial charge in [0.05, 0.1) is 0 Å². The summed E-state index contributed by atoms with van der Waals surface area (Å²) in [6.45, 7) is 3.64. The van der Waals surface area contributed by atoms with Gasteiger partial charge >= 0.3 is 0 Å². The van der Waals surface area contributed by atoms with Crippen LogP contribution < -0.4 is 11.1 Å². The monoisotopic (exact) mass is 370 g/mol. The predicted molar refractivity (Wildman–Crippen MR) is 119 cm³/mol. The van der Waals surface area contributed by atoms with E-state index in [0.717, 1.165) is 51.5 Å². The summed E-state index contributed by atoms with van der Waals surface area (Å²) in [6.07, 6.45) is 34.3. The van der Waals surface area contributed by atoms with Crippen molar-refractivity contribution in [1.29, 1.82) is 0 Å². The maximum absolute atomic E-state index is 5.50. The summed E-state index contributed by atoms with van der Waals surface area (Å²) in [5.41, 5.74) is 5.45. The first-order valence-corrected chi connectivity index (χ1v) is 10.4. The molecule has 3 N–H and O–H groups in total. The quantitative estimate of drug-likeness (QED) is 0.284. The van der Waals surface area contributed by atoms with Gasteiger partial charge in [-0.25, -0.2) is 0 Å². The standard InChI is InChI=1S/C24H38N2O/c1-2-3-4-5-6-7-8-9-10-11-12-13-14-15-16-17-18-19-20-23-24(27-23)26-22-21-25/h3-4,6-7,9-10,12-13,15-16,18-19,23-24,26H,2,5,8,11,14,17,20-22,25H2,1H3/b4-3-,7-6-,10-9-,13-12-,16-15-,19-18-. The number of rotatable bonds is 16. The molecule has 150 valence electrons. The zero-order chi connectivity index (χ0) is 19.4. The molecule has 0 radical (unpaired) electrons. The molecule has 3 heteroatoms.